The summed E-state index contributed by atoms with van der Waals surface area (Å²) in [5.74, 6) is 0. The van der Waals surface area contributed by atoms with Gasteiger partial charge >= 0.3 is 0 Å². The maximum absolute atomic E-state index is 11.5. The van der Waals surface area contributed by atoms with Crippen LogP contribution in [-0.2, 0) is 6.54 Å². The Kier molecular flexibility index (Phi) is 2.65. The lowest BCUT2D eigenvalue weighted by molar-refractivity contribution is 0.692. The molecule has 0 amide bonds. The molecule has 1 rings (SSSR count). The van der Waals surface area contributed by atoms with Crippen LogP contribution in [0.5, 0.6) is 0 Å². The van der Waals surface area contributed by atoms with Gasteiger partial charge in [-0.05, 0) is 19.9 Å². The molecule has 0 bridgehead atoms. The van der Waals surface area contributed by atoms with E-state index in [1.807, 2.05) is 19.9 Å². The van der Waals surface area contributed by atoms with Crippen molar-refractivity contribution in [1.82, 2.24) is 4.57 Å². The van der Waals surface area contributed by atoms with E-state index in [1.165, 1.54) is 0 Å². The Morgan fingerprint density at radius 2 is 2.33 bits per heavy atom. The number of hydrogen-bond donors (Lipinski definition) is 1. The average molecular weight is 166 g/mol. The van der Waals surface area contributed by atoms with Crippen molar-refractivity contribution in [2.75, 3.05) is 0 Å². The van der Waals surface area contributed by atoms with Gasteiger partial charge in [0.2, 0.25) is 0 Å². The van der Waals surface area contributed by atoms with Gasteiger partial charge in [-0.3, -0.25) is 4.79 Å². The molecule has 1 aromatic rings. The van der Waals surface area contributed by atoms with Gasteiger partial charge in [-0.2, -0.15) is 0 Å². The van der Waals surface area contributed by atoms with Crippen molar-refractivity contribution in [2.45, 2.75) is 26.4 Å². The van der Waals surface area contributed by atoms with E-state index in [9.17, 15) is 4.79 Å². The number of pyridine rings is 1. The van der Waals surface area contributed by atoms with Crippen LogP contribution in [0.2, 0.25) is 0 Å². The molecule has 0 aromatic carbocycles. The van der Waals surface area contributed by atoms with Crippen molar-refractivity contribution >= 4 is 0 Å². The summed E-state index contributed by atoms with van der Waals surface area (Å²) in [7, 11) is 0. The summed E-state index contributed by atoms with van der Waals surface area (Å²) in [4.78, 5) is 11.5. The minimum Gasteiger partial charge on any atom is -0.324 e. The van der Waals surface area contributed by atoms with Gasteiger partial charge in [-0.1, -0.05) is 6.07 Å². The number of aryl methyl sites for hydroxylation is 1. The SMILES string of the molecule is CCn1cccc(C(C)N)c1=O. The van der Waals surface area contributed by atoms with Crippen LogP contribution in [0.1, 0.15) is 25.5 Å². The fraction of sp³-hybridized carbons (Fsp3) is 0.444. The molecule has 2 N–H and O–H groups in total. The van der Waals surface area contributed by atoms with Crippen molar-refractivity contribution in [2.24, 2.45) is 5.73 Å². The van der Waals surface area contributed by atoms with Gasteiger partial charge in [0.25, 0.3) is 5.56 Å². The zero-order chi connectivity index (χ0) is 9.14. The van der Waals surface area contributed by atoms with E-state index in [0.29, 0.717) is 12.1 Å². The first kappa shape index (κ1) is 9.00. The van der Waals surface area contributed by atoms with Crippen LogP contribution in [0.15, 0.2) is 23.1 Å². The Bertz CT molecular complexity index is 315. The highest BCUT2D eigenvalue weighted by Crippen LogP contribution is 2.01. The molecule has 0 saturated heterocycles. The zero-order valence-electron chi connectivity index (χ0n) is 7.45. The average Bonchev–Trinajstić information content (AvgIpc) is 2.04. The molecule has 0 aliphatic rings. The summed E-state index contributed by atoms with van der Waals surface area (Å²) in [6.45, 7) is 4.45. The molecule has 1 heterocycles. The number of nitrogens with zero attached hydrogens (tertiary/aromatic N) is 1. The van der Waals surface area contributed by atoms with Crippen LogP contribution < -0.4 is 11.3 Å². The maximum Gasteiger partial charge on any atom is 0.255 e. The normalized spacial score (nSPS) is 12.9. The summed E-state index contributed by atoms with van der Waals surface area (Å²) >= 11 is 0. The van der Waals surface area contributed by atoms with Gasteiger partial charge in [0.05, 0.1) is 0 Å². The minimum atomic E-state index is -0.184. The van der Waals surface area contributed by atoms with Crippen LogP contribution in [0, 0.1) is 0 Å². The molecule has 66 valence electrons. The Labute approximate surface area is 71.8 Å². The first-order valence-corrected chi connectivity index (χ1v) is 4.11. The molecule has 3 heteroatoms. The quantitative estimate of drug-likeness (QED) is 0.709. The van der Waals surface area contributed by atoms with Crippen molar-refractivity contribution in [1.29, 1.82) is 0 Å². The highest BCUT2D eigenvalue weighted by molar-refractivity contribution is 5.13. The minimum absolute atomic E-state index is 0.0231. The summed E-state index contributed by atoms with van der Waals surface area (Å²) in [6.07, 6.45) is 1.77. The smallest absolute Gasteiger partial charge is 0.255 e. The molecule has 0 aliphatic carbocycles. The third-order valence-electron chi connectivity index (χ3n) is 1.88. The second kappa shape index (κ2) is 3.54. The van der Waals surface area contributed by atoms with E-state index in [4.69, 9.17) is 5.73 Å². The van der Waals surface area contributed by atoms with Gasteiger partial charge < -0.3 is 10.3 Å². The number of aromatic nitrogens is 1. The first-order valence-electron chi connectivity index (χ1n) is 4.11. The predicted octanol–water partition coefficient (Wildman–Crippen LogP) is 0.888. The second-order valence-electron chi connectivity index (χ2n) is 2.84. The maximum atomic E-state index is 11.5. The zero-order valence-corrected chi connectivity index (χ0v) is 7.45. The molecule has 3 nitrogen and oxygen atoms in total. The second-order valence-corrected chi connectivity index (χ2v) is 2.84. The van der Waals surface area contributed by atoms with Gasteiger partial charge in [0.1, 0.15) is 0 Å². The lowest BCUT2D eigenvalue weighted by Crippen LogP contribution is -2.25. The molecule has 0 aliphatic heterocycles. The molecular weight excluding hydrogens is 152 g/mol. The van der Waals surface area contributed by atoms with E-state index >= 15 is 0 Å². The van der Waals surface area contributed by atoms with Crippen LogP contribution >= 0.6 is 0 Å². The molecule has 0 fully saturated rings. The Morgan fingerprint density at radius 1 is 1.67 bits per heavy atom. The lowest BCUT2D eigenvalue weighted by Gasteiger charge is -2.07. The standard InChI is InChI=1S/C9H14N2O/c1-3-11-6-4-5-8(7(2)10)9(11)12/h4-7H,3,10H2,1-2H3. The van der Waals surface area contributed by atoms with Crippen LogP contribution in [0.3, 0.4) is 0 Å². The molecular formula is C9H14N2O. The fourth-order valence-corrected chi connectivity index (χ4v) is 1.15. The molecule has 1 atom stereocenters. The Morgan fingerprint density at radius 3 is 2.83 bits per heavy atom. The molecule has 0 radical (unpaired) electrons. The molecule has 0 spiro atoms. The van der Waals surface area contributed by atoms with Gasteiger partial charge in [-0.25, -0.2) is 0 Å². The van der Waals surface area contributed by atoms with Gasteiger partial charge in [0, 0.05) is 24.3 Å². The Balaban J connectivity index is 3.24. The van der Waals surface area contributed by atoms with Crippen molar-refractivity contribution in [3.63, 3.8) is 0 Å². The highest BCUT2D eigenvalue weighted by atomic mass is 16.1. The number of nitrogens with two attached hydrogens (primary N) is 1. The van der Waals surface area contributed by atoms with Crippen LogP contribution in [-0.4, -0.2) is 4.57 Å². The van der Waals surface area contributed by atoms with E-state index in [2.05, 4.69) is 0 Å². The van der Waals surface area contributed by atoms with E-state index in [1.54, 1.807) is 16.8 Å². The van der Waals surface area contributed by atoms with E-state index in [0.717, 1.165) is 0 Å². The van der Waals surface area contributed by atoms with Gasteiger partial charge in [0.15, 0.2) is 0 Å². The van der Waals surface area contributed by atoms with Crippen molar-refractivity contribution in [3.8, 4) is 0 Å². The summed E-state index contributed by atoms with van der Waals surface area (Å²) in [5, 5.41) is 0. The van der Waals surface area contributed by atoms with Crippen LogP contribution in [0.25, 0.3) is 0 Å². The van der Waals surface area contributed by atoms with Crippen LogP contribution in [0.4, 0.5) is 0 Å². The third kappa shape index (κ3) is 1.56. The fourth-order valence-electron chi connectivity index (χ4n) is 1.15. The van der Waals surface area contributed by atoms with E-state index in [-0.39, 0.29) is 11.6 Å². The third-order valence-corrected chi connectivity index (χ3v) is 1.88. The summed E-state index contributed by atoms with van der Waals surface area (Å²) in [5.41, 5.74) is 6.33. The first-order chi connectivity index (χ1) is 5.66. The molecule has 1 aromatic heterocycles. The molecule has 1 unspecified atom stereocenters. The topological polar surface area (TPSA) is 48.0 Å². The van der Waals surface area contributed by atoms with E-state index < -0.39 is 0 Å². The summed E-state index contributed by atoms with van der Waals surface area (Å²) < 4.78 is 1.65. The highest BCUT2D eigenvalue weighted by Gasteiger charge is 2.05. The van der Waals surface area contributed by atoms with Crippen molar-refractivity contribution < 1.29 is 0 Å². The lowest BCUT2D eigenvalue weighted by atomic mass is 10.1. The largest absolute Gasteiger partial charge is 0.324 e. The monoisotopic (exact) mass is 166 g/mol. The predicted molar refractivity (Wildman–Crippen MR) is 49.0 cm³/mol. The Hall–Kier alpha value is -1.09. The van der Waals surface area contributed by atoms with Gasteiger partial charge in [-0.15, -0.1) is 0 Å². The van der Waals surface area contributed by atoms with Crippen molar-refractivity contribution in [3.05, 3.63) is 34.2 Å². The number of hydrogen-bond acceptors (Lipinski definition) is 2. The summed E-state index contributed by atoms with van der Waals surface area (Å²) in [6, 6.07) is 3.44. The number of rotatable bonds is 2. The molecule has 0 saturated carbocycles. The molecule has 12 heavy (non-hydrogen) atoms.